The number of hydrogen-bond donors (Lipinski definition) is 1. The van der Waals surface area contributed by atoms with Crippen LogP contribution in [0.4, 0.5) is 11.4 Å². The zero-order valence-electron chi connectivity index (χ0n) is 18.2. The molecule has 8 nitrogen and oxygen atoms in total. The first-order chi connectivity index (χ1) is 15.8. The van der Waals surface area contributed by atoms with Gasteiger partial charge in [-0.3, -0.25) is 9.10 Å². The largest absolute Gasteiger partial charge is 0.495 e. The Labute approximate surface area is 197 Å². The third-order valence-corrected chi connectivity index (χ3v) is 6.70. The minimum Gasteiger partial charge on any atom is -0.495 e. The Balaban J connectivity index is 1.99. The third kappa shape index (κ3) is 5.50. The summed E-state index contributed by atoms with van der Waals surface area (Å²) in [5.41, 5.74) is 0.545. The van der Waals surface area contributed by atoms with Crippen LogP contribution in [-0.2, 0) is 14.8 Å². The van der Waals surface area contributed by atoms with Crippen molar-refractivity contribution >= 4 is 38.9 Å². The summed E-state index contributed by atoms with van der Waals surface area (Å²) in [7, 11) is 0.257. The number of halogens is 1. The van der Waals surface area contributed by atoms with E-state index in [9.17, 15) is 13.2 Å². The zero-order chi connectivity index (χ0) is 24.0. The SMILES string of the molecule is COc1ccc(NC(=O)CN(c2cc(Cl)ccc2OC)S(=O)(=O)c2ccccc2)cc1OC. The molecular weight excluding hydrogens is 468 g/mol. The number of carbonyl (C=O) groups excluding carboxylic acids is 1. The maximum Gasteiger partial charge on any atom is 0.264 e. The molecule has 0 bridgehead atoms. The molecule has 0 fully saturated rings. The predicted molar refractivity (Wildman–Crippen MR) is 127 cm³/mol. The summed E-state index contributed by atoms with van der Waals surface area (Å²) in [6, 6.07) is 17.2. The fourth-order valence-electron chi connectivity index (χ4n) is 3.12. The number of ether oxygens (including phenoxy) is 3. The fourth-order valence-corrected chi connectivity index (χ4v) is 4.73. The summed E-state index contributed by atoms with van der Waals surface area (Å²) < 4.78 is 43.7. The Bertz CT molecular complexity index is 1230. The van der Waals surface area contributed by atoms with Crippen LogP contribution in [0.15, 0.2) is 71.6 Å². The van der Waals surface area contributed by atoms with Crippen molar-refractivity contribution in [1.82, 2.24) is 0 Å². The summed E-state index contributed by atoms with van der Waals surface area (Å²) in [5.74, 6) is 0.578. The molecule has 0 unspecified atom stereocenters. The van der Waals surface area contributed by atoms with Crippen LogP contribution >= 0.6 is 11.6 Å². The average molecular weight is 491 g/mol. The Morgan fingerprint density at radius 1 is 0.879 bits per heavy atom. The number of methoxy groups -OCH3 is 3. The minimum atomic E-state index is -4.13. The second-order valence-corrected chi connectivity index (χ2v) is 9.06. The lowest BCUT2D eigenvalue weighted by atomic mass is 10.2. The summed E-state index contributed by atoms with van der Waals surface area (Å²) in [5, 5.41) is 2.98. The fraction of sp³-hybridized carbons (Fsp3) is 0.174. The van der Waals surface area contributed by atoms with E-state index >= 15 is 0 Å². The van der Waals surface area contributed by atoms with E-state index in [4.69, 9.17) is 25.8 Å². The second-order valence-electron chi connectivity index (χ2n) is 6.76. The van der Waals surface area contributed by atoms with Crippen molar-refractivity contribution in [3.05, 3.63) is 71.8 Å². The van der Waals surface area contributed by atoms with Crippen LogP contribution in [0.25, 0.3) is 0 Å². The normalized spacial score (nSPS) is 10.9. The molecule has 0 saturated heterocycles. The number of carbonyl (C=O) groups is 1. The standard InChI is InChI=1S/C23H23ClN2O6S/c1-30-20-11-9-16(24)13-19(20)26(33(28,29)18-7-5-4-6-8-18)15-23(27)25-17-10-12-21(31-2)22(14-17)32-3/h4-14H,15H2,1-3H3,(H,25,27). The van der Waals surface area contributed by atoms with Crippen molar-refractivity contribution in [3.8, 4) is 17.2 Å². The molecule has 3 aromatic rings. The van der Waals surface area contributed by atoms with Gasteiger partial charge in [0, 0.05) is 16.8 Å². The van der Waals surface area contributed by atoms with Gasteiger partial charge < -0.3 is 19.5 Å². The van der Waals surface area contributed by atoms with Crippen LogP contribution in [-0.4, -0.2) is 42.2 Å². The molecule has 10 heteroatoms. The van der Waals surface area contributed by atoms with E-state index in [-0.39, 0.29) is 16.3 Å². The van der Waals surface area contributed by atoms with E-state index in [1.807, 2.05) is 0 Å². The van der Waals surface area contributed by atoms with Crippen molar-refractivity contribution < 1.29 is 27.4 Å². The topological polar surface area (TPSA) is 94.2 Å². The molecule has 0 atom stereocenters. The molecule has 0 aliphatic heterocycles. The lowest BCUT2D eigenvalue weighted by Gasteiger charge is -2.26. The molecule has 0 aliphatic carbocycles. The summed E-state index contributed by atoms with van der Waals surface area (Å²) in [4.78, 5) is 13.0. The molecular formula is C23H23ClN2O6S. The molecule has 174 valence electrons. The highest BCUT2D eigenvalue weighted by molar-refractivity contribution is 7.92. The third-order valence-electron chi connectivity index (χ3n) is 4.70. The Kier molecular flexibility index (Phi) is 7.67. The molecule has 1 amide bonds. The Hall–Kier alpha value is -3.43. The highest BCUT2D eigenvalue weighted by atomic mass is 35.5. The maximum absolute atomic E-state index is 13.5. The lowest BCUT2D eigenvalue weighted by molar-refractivity contribution is -0.114. The molecule has 3 rings (SSSR count). The number of hydrogen-bond acceptors (Lipinski definition) is 6. The molecule has 33 heavy (non-hydrogen) atoms. The second kappa shape index (κ2) is 10.5. The number of sulfonamides is 1. The van der Waals surface area contributed by atoms with Crippen molar-refractivity contribution in [1.29, 1.82) is 0 Å². The van der Waals surface area contributed by atoms with Gasteiger partial charge in [-0.15, -0.1) is 0 Å². The zero-order valence-corrected chi connectivity index (χ0v) is 19.8. The van der Waals surface area contributed by atoms with E-state index < -0.39 is 22.5 Å². The van der Waals surface area contributed by atoms with Gasteiger partial charge in [-0.2, -0.15) is 0 Å². The highest BCUT2D eigenvalue weighted by Gasteiger charge is 2.29. The molecule has 0 aliphatic rings. The van der Waals surface area contributed by atoms with E-state index in [1.165, 1.54) is 45.6 Å². The molecule has 0 saturated carbocycles. The highest BCUT2D eigenvalue weighted by Crippen LogP contribution is 2.35. The molecule has 3 aromatic carbocycles. The van der Waals surface area contributed by atoms with Crippen molar-refractivity contribution in [2.45, 2.75) is 4.90 Å². The van der Waals surface area contributed by atoms with Gasteiger partial charge in [0.2, 0.25) is 5.91 Å². The Morgan fingerprint density at radius 2 is 1.52 bits per heavy atom. The van der Waals surface area contributed by atoms with Gasteiger partial charge in [0.1, 0.15) is 12.3 Å². The summed E-state index contributed by atoms with van der Waals surface area (Å²) in [6.45, 7) is -0.526. The molecule has 0 heterocycles. The number of nitrogens with zero attached hydrogens (tertiary/aromatic N) is 1. The Morgan fingerprint density at radius 3 is 2.15 bits per heavy atom. The quantitative estimate of drug-likeness (QED) is 0.483. The van der Waals surface area contributed by atoms with E-state index in [1.54, 1.807) is 42.5 Å². The van der Waals surface area contributed by atoms with Gasteiger partial charge in [0.15, 0.2) is 11.5 Å². The number of benzene rings is 3. The predicted octanol–water partition coefficient (Wildman–Crippen LogP) is 4.20. The van der Waals surface area contributed by atoms with Gasteiger partial charge in [-0.25, -0.2) is 8.42 Å². The first-order valence-corrected chi connectivity index (χ1v) is 11.5. The molecule has 0 spiro atoms. The van der Waals surface area contributed by atoms with Gasteiger partial charge in [0.25, 0.3) is 10.0 Å². The number of nitrogens with one attached hydrogen (secondary N) is 1. The first-order valence-electron chi connectivity index (χ1n) is 9.73. The maximum atomic E-state index is 13.5. The smallest absolute Gasteiger partial charge is 0.264 e. The van der Waals surface area contributed by atoms with Gasteiger partial charge >= 0.3 is 0 Å². The van der Waals surface area contributed by atoms with Gasteiger partial charge in [-0.1, -0.05) is 29.8 Å². The summed E-state index contributed by atoms with van der Waals surface area (Å²) >= 11 is 6.14. The van der Waals surface area contributed by atoms with Gasteiger partial charge in [-0.05, 0) is 42.5 Å². The van der Waals surface area contributed by atoms with Crippen molar-refractivity contribution in [2.75, 3.05) is 37.5 Å². The minimum absolute atomic E-state index is 0.0194. The van der Waals surface area contributed by atoms with Crippen LogP contribution in [0.5, 0.6) is 17.2 Å². The number of rotatable bonds is 9. The van der Waals surface area contributed by atoms with Crippen LogP contribution in [0.3, 0.4) is 0 Å². The van der Waals surface area contributed by atoms with E-state index in [0.717, 1.165) is 4.31 Å². The number of anilines is 2. The van der Waals surface area contributed by atoms with Crippen molar-refractivity contribution in [2.24, 2.45) is 0 Å². The van der Waals surface area contributed by atoms with Crippen LogP contribution < -0.4 is 23.8 Å². The lowest BCUT2D eigenvalue weighted by Crippen LogP contribution is -2.38. The molecule has 0 aromatic heterocycles. The van der Waals surface area contributed by atoms with E-state index in [2.05, 4.69) is 5.32 Å². The summed E-state index contributed by atoms with van der Waals surface area (Å²) in [6.07, 6.45) is 0. The van der Waals surface area contributed by atoms with Crippen LogP contribution in [0, 0.1) is 0 Å². The monoisotopic (exact) mass is 490 g/mol. The van der Waals surface area contributed by atoms with Crippen LogP contribution in [0.2, 0.25) is 5.02 Å². The van der Waals surface area contributed by atoms with Crippen molar-refractivity contribution in [3.63, 3.8) is 0 Å². The molecule has 0 radical (unpaired) electrons. The van der Waals surface area contributed by atoms with Crippen LogP contribution in [0.1, 0.15) is 0 Å². The van der Waals surface area contributed by atoms with Gasteiger partial charge in [0.05, 0.1) is 31.9 Å². The van der Waals surface area contributed by atoms with E-state index in [0.29, 0.717) is 22.2 Å². The molecule has 1 N–H and O–H groups in total. The first kappa shape index (κ1) is 24.2. The number of amides is 1. The average Bonchev–Trinajstić information content (AvgIpc) is 2.82.